The summed E-state index contributed by atoms with van der Waals surface area (Å²) in [5.41, 5.74) is 2.71. The minimum Gasteiger partial charge on any atom is -0.303 e. The Balaban J connectivity index is 2.71. The molecule has 0 aliphatic heterocycles. The molecule has 0 aromatic heterocycles. The van der Waals surface area contributed by atoms with E-state index in [2.05, 4.69) is 38.1 Å². The number of carbonyl (C=O) groups is 1. The van der Waals surface area contributed by atoms with Gasteiger partial charge in [0.2, 0.25) is 0 Å². The molecule has 0 N–H and O–H groups in total. The van der Waals surface area contributed by atoms with Crippen molar-refractivity contribution >= 4 is 6.29 Å². The van der Waals surface area contributed by atoms with Crippen LogP contribution in [0.2, 0.25) is 0 Å². The lowest BCUT2D eigenvalue weighted by atomic mass is 9.91. The summed E-state index contributed by atoms with van der Waals surface area (Å²) in [6, 6.07) is 0.485. The van der Waals surface area contributed by atoms with Gasteiger partial charge in [-0.15, -0.1) is 0 Å². The number of aldehydes is 1. The Morgan fingerprint density at radius 1 is 1.57 bits per heavy atom. The monoisotopic (exact) mass is 193 g/mol. The molecule has 0 heterocycles. The first-order valence-electron chi connectivity index (χ1n) is 5.12. The standard InChI is InChI=1S/C12H19NO/c1-10-6-7-12(13(2)3)11(9-10)5-4-8-14/h6,8-9,12H,4-5,7H2,1-3H3. The molecule has 0 aromatic rings. The molecule has 1 unspecified atom stereocenters. The highest BCUT2D eigenvalue weighted by molar-refractivity contribution is 5.50. The summed E-state index contributed by atoms with van der Waals surface area (Å²) in [6.45, 7) is 2.12. The minimum atomic E-state index is 0.485. The van der Waals surface area contributed by atoms with Crippen LogP contribution in [0, 0.1) is 0 Å². The molecular formula is C12H19NO. The van der Waals surface area contributed by atoms with Crippen LogP contribution in [0.15, 0.2) is 23.3 Å². The largest absolute Gasteiger partial charge is 0.303 e. The number of likely N-dealkylation sites (N-methyl/N-ethyl adjacent to an activating group) is 1. The van der Waals surface area contributed by atoms with E-state index in [0.29, 0.717) is 12.5 Å². The first kappa shape index (κ1) is 11.2. The van der Waals surface area contributed by atoms with Crippen LogP contribution >= 0.6 is 0 Å². The second-order valence-electron chi connectivity index (χ2n) is 4.09. The van der Waals surface area contributed by atoms with Gasteiger partial charge in [0.1, 0.15) is 6.29 Å². The molecule has 78 valence electrons. The van der Waals surface area contributed by atoms with Crippen LogP contribution in [-0.4, -0.2) is 31.3 Å². The third kappa shape index (κ3) is 2.81. The van der Waals surface area contributed by atoms with Crippen LogP contribution in [0.4, 0.5) is 0 Å². The fourth-order valence-electron chi connectivity index (χ4n) is 1.90. The van der Waals surface area contributed by atoms with Crippen LogP contribution in [0.25, 0.3) is 0 Å². The van der Waals surface area contributed by atoms with E-state index in [1.807, 2.05) is 0 Å². The predicted molar refractivity (Wildman–Crippen MR) is 59.2 cm³/mol. The molecule has 0 amide bonds. The fourth-order valence-corrected chi connectivity index (χ4v) is 1.90. The second kappa shape index (κ2) is 5.11. The van der Waals surface area contributed by atoms with Gasteiger partial charge in [-0.25, -0.2) is 0 Å². The Morgan fingerprint density at radius 2 is 2.29 bits per heavy atom. The van der Waals surface area contributed by atoms with Crippen LogP contribution in [-0.2, 0) is 4.79 Å². The van der Waals surface area contributed by atoms with Gasteiger partial charge in [-0.3, -0.25) is 0 Å². The van der Waals surface area contributed by atoms with Crippen LogP contribution < -0.4 is 0 Å². The van der Waals surface area contributed by atoms with E-state index in [9.17, 15) is 4.79 Å². The lowest BCUT2D eigenvalue weighted by Gasteiger charge is -2.28. The Hall–Kier alpha value is -0.890. The molecule has 0 fully saturated rings. The van der Waals surface area contributed by atoms with E-state index in [1.165, 1.54) is 11.1 Å². The maximum atomic E-state index is 10.4. The Labute approximate surface area is 86.3 Å². The zero-order valence-electron chi connectivity index (χ0n) is 9.29. The Kier molecular flexibility index (Phi) is 4.08. The van der Waals surface area contributed by atoms with Gasteiger partial charge >= 0.3 is 0 Å². The van der Waals surface area contributed by atoms with E-state index in [1.54, 1.807) is 0 Å². The van der Waals surface area contributed by atoms with Crippen molar-refractivity contribution in [2.75, 3.05) is 14.1 Å². The minimum absolute atomic E-state index is 0.485. The van der Waals surface area contributed by atoms with Gasteiger partial charge in [0.15, 0.2) is 0 Å². The number of allylic oxidation sites excluding steroid dienone is 2. The van der Waals surface area contributed by atoms with Crippen molar-refractivity contribution in [3.8, 4) is 0 Å². The molecule has 0 bridgehead atoms. The molecule has 14 heavy (non-hydrogen) atoms. The normalized spacial score (nSPS) is 21.9. The summed E-state index contributed by atoms with van der Waals surface area (Å²) in [6.07, 6.45) is 8.10. The van der Waals surface area contributed by atoms with Crippen molar-refractivity contribution < 1.29 is 4.79 Å². The SMILES string of the molecule is CC1=CCC(N(C)C)C(CCC=O)=C1. The van der Waals surface area contributed by atoms with Gasteiger partial charge in [0.05, 0.1) is 0 Å². The first-order chi connectivity index (χ1) is 6.65. The van der Waals surface area contributed by atoms with Gasteiger partial charge in [-0.05, 0) is 33.9 Å². The molecule has 2 nitrogen and oxygen atoms in total. The molecule has 0 spiro atoms. The molecule has 2 heteroatoms. The lowest BCUT2D eigenvalue weighted by Crippen LogP contribution is -2.30. The topological polar surface area (TPSA) is 20.3 Å². The average molecular weight is 193 g/mol. The number of hydrogen-bond acceptors (Lipinski definition) is 2. The zero-order valence-corrected chi connectivity index (χ0v) is 9.29. The van der Waals surface area contributed by atoms with Gasteiger partial charge < -0.3 is 9.69 Å². The predicted octanol–water partition coefficient (Wildman–Crippen LogP) is 2.17. The Morgan fingerprint density at radius 3 is 2.86 bits per heavy atom. The molecule has 1 aliphatic rings. The van der Waals surface area contributed by atoms with Crippen molar-refractivity contribution in [2.24, 2.45) is 0 Å². The molecular weight excluding hydrogens is 174 g/mol. The van der Waals surface area contributed by atoms with E-state index in [4.69, 9.17) is 0 Å². The molecule has 0 radical (unpaired) electrons. The van der Waals surface area contributed by atoms with Gasteiger partial charge in [0, 0.05) is 12.5 Å². The molecule has 1 aliphatic carbocycles. The third-order valence-corrected chi connectivity index (χ3v) is 2.68. The number of nitrogens with zero attached hydrogens (tertiary/aromatic N) is 1. The highest BCUT2D eigenvalue weighted by Crippen LogP contribution is 2.24. The van der Waals surface area contributed by atoms with Crippen molar-refractivity contribution in [2.45, 2.75) is 32.2 Å². The first-order valence-corrected chi connectivity index (χ1v) is 5.12. The average Bonchev–Trinajstić information content (AvgIpc) is 2.14. The van der Waals surface area contributed by atoms with Gasteiger partial charge in [-0.1, -0.05) is 23.3 Å². The van der Waals surface area contributed by atoms with E-state index in [0.717, 1.165) is 19.1 Å². The smallest absolute Gasteiger partial charge is 0.120 e. The summed E-state index contributed by atoms with van der Waals surface area (Å²) in [4.78, 5) is 12.6. The number of hydrogen-bond donors (Lipinski definition) is 0. The maximum absolute atomic E-state index is 10.4. The lowest BCUT2D eigenvalue weighted by molar-refractivity contribution is -0.107. The van der Waals surface area contributed by atoms with Crippen LogP contribution in [0.5, 0.6) is 0 Å². The van der Waals surface area contributed by atoms with Gasteiger partial charge in [-0.2, -0.15) is 0 Å². The second-order valence-corrected chi connectivity index (χ2v) is 4.09. The highest BCUT2D eigenvalue weighted by atomic mass is 16.1. The van der Waals surface area contributed by atoms with Crippen molar-refractivity contribution in [1.29, 1.82) is 0 Å². The van der Waals surface area contributed by atoms with Crippen molar-refractivity contribution in [1.82, 2.24) is 4.90 Å². The van der Waals surface area contributed by atoms with Crippen molar-refractivity contribution in [3.05, 3.63) is 23.3 Å². The van der Waals surface area contributed by atoms with E-state index < -0.39 is 0 Å². The highest BCUT2D eigenvalue weighted by Gasteiger charge is 2.17. The summed E-state index contributed by atoms with van der Waals surface area (Å²) < 4.78 is 0. The maximum Gasteiger partial charge on any atom is 0.120 e. The van der Waals surface area contributed by atoms with Gasteiger partial charge in [0.25, 0.3) is 0 Å². The van der Waals surface area contributed by atoms with Crippen molar-refractivity contribution in [3.63, 3.8) is 0 Å². The van der Waals surface area contributed by atoms with Crippen LogP contribution in [0.3, 0.4) is 0 Å². The van der Waals surface area contributed by atoms with E-state index in [-0.39, 0.29) is 0 Å². The molecule has 1 atom stereocenters. The summed E-state index contributed by atoms with van der Waals surface area (Å²) >= 11 is 0. The zero-order chi connectivity index (χ0) is 10.6. The molecule has 0 saturated heterocycles. The third-order valence-electron chi connectivity index (χ3n) is 2.68. The van der Waals surface area contributed by atoms with Crippen LogP contribution in [0.1, 0.15) is 26.2 Å². The number of rotatable bonds is 4. The Bertz CT molecular complexity index is 263. The number of carbonyl (C=O) groups excluding carboxylic acids is 1. The molecule has 1 rings (SSSR count). The summed E-state index contributed by atoms with van der Waals surface area (Å²) in [5, 5.41) is 0. The molecule has 0 saturated carbocycles. The summed E-state index contributed by atoms with van der Waals surface area (Å²) in [7, 11) is 4.18. The molecule has 0 aromatic carbocycles. The quantitative estimate of drug-likeness (QED) is 0.638. The van der Waals surface area contributed by atoms with E-state index >= 15 is 0 Å². The fraction of sp³-hybridized carbons (Fsp3) is 0.583. The summed E-state index contributed by atoms with van der Waals surface area (Å²) in [5.74, 6) is 0.